The van der Waals surface area contributed by atoms with Gasteiger partial charge in [-0.3, -0.25) is 0 Å². The van der Waals surface area contributed by atoms with Crippen molar-refractivity contribution in [2.45, 2.75) is 70.3 Å². The van der Waals surface area contributed by atoms with Crippen molar-refractivity contribution in [2.24, 2.45) is 0 Å². The zero-order valence-corrected chi connectivity index (χ0v) is 17.7. The second kappa shape index (κ2) is 7.84. The minimum absolute atomic E-state index is 0.124. The van der Waals surface area contributed by atoms with Crippen LogP contribution < -0.4 is 0 Å². The Balaban J connectivity index is 1.70. The molecule has 2 heterocycles. The van der Waals surface area contributed by atoms with Gasteiger partial charge in [-0.2, -0.15) is 0 Å². The van der Waals surface area contributed by atoms with Crippen molar-refractivity contribution in [3.8, 4) is 11.5 Å². The van der Waals surface area contributed by atoms with Gasteiger partial charge in [-0.15, -0.1) is 20.4 Å². The molecule has 7 heteroatoms. The summed E-state index contributed by atoms with van der Waals surface area (Å²) in [5, 5.41) is 17.9. The Morgan fingerprint density at radius 3 is 2.33 bits per heavy atom. The van der Waals surface area contributed by atoms with E-state index in [1.165, 1.54) is 5.56 Å². The van der Waals surface area contributed by atoms with Gasteiger partial charge in [0, 0.05) is 18.0 Å². The smallest absolute Gasteiger partial charge is 0.247 e. The van der Waals surface area contributed by atoms with E-state index in [4.69, 9.17) is 4.42 Å². The van der Waals surface area contributed by atoms with Crippen molar-refractivity contribution in [1.29, 1.82) is 0 Å². The summed E-state index contributed by atoms with van der Waals surface area (Å²) in [4.78, 5) is 0. The van der Waals surface area contributed by atoms with Crippen LogP contribution in [0.25, 0.3) is 11.5 Å². The van der Waals surface area contributed by atoms with Gasteiger partial charge in [0.2, 0.25) is 11.8 Å². The first-order valence-electron chi connectivity index (χ1n) is 9.28. The van der Waals surface area contributed by atoms with Crippen LogP contribution in [0.5, 0.6) is 0 Å². The van der Waals surface area contributed by atoms with Crippen LogP contribution in [0.15, 0.2) is 33.8 Å². The first-order valence-corrected chi connectivity index (χ1v) is 10.3. The minimum Gasteiger partial charge on any atom is -0.420 e. The number of thioether (sulfide) groups is 1. The van der Waals surface area contributed by atoms with E-state index in [0.717, 1.165) is 23.1 Å². The zero-order valence-electron chi connectivity index (χ0n) is 16.9. The normalized spacial score (nSPS) is 12.1. The van der Waals surface area contributed by atoms with Crippen molar-refractivity contribution < 1.29 is 4.42 Å². The molecule has 0 bridgehead atoms. The van der Waals surface area contributed by atoms with E-state index in [2.05, 4.69) is 78.6 Å². The Labute approximate surface area is 164 Å². The highest BCUT2D eigenvalue weighted by molar-refractivity contribution is 7.98. The van der Waals surface area contributed by atoms with Gasteiger partial charge in [-0.05, 0) is 30.0 Å². The van der Waals surface area contributed by atoms with Crippen LogP contribution >= 0.6 is 11.8 Å². The minimum atomic E-state index is 0.124. The average molecular weight is 386 g/mol. The summed E-state index contributed by atoms with van der Waals surface area (Å²) in [6, 6.07) is 8.30. The van der Waals surface area contributed by atoms with Crippen LogP contribution in [-0.4, -0.2) is 25.0 Å². The number of rotatable bonds is 6. The Bertz CT molecular complexity index is 890. The molecular formula is C20H27N5OS. The standard InChI is InChI=1S/C20H27N5OS/c1-7-25-17(13(2)3)22-24-19(25)27-12-16-21-23-18(26-16)14-8-10-15(11-9-14)20(4,5)6/h8-11,13H,7,12H2,1-6H3. The second-order valence-corrected chi connectivity index (χ2v) is 8.80. The van der Waals surface area contributed by atoms with E-state index in [0.29, 0.717) is 23.5 Å². The molecule has 27 heavy (non-hydrogen) atoms. The molecule has 0 aliphatic carbocycles. The fraction of sp³-hybridized carbons (Fsp3) is 0.500. The lowest BCUT2D eigenvalue weighted by Gasteiger charge is -2.18. The highest BCUT2D eigenvalue weighted by atomic mass is 32.2. The molecule has 0 N–H and O–H groups in total. The molecule has 144 valence electrons. The third-order valence-electron chi connectivity index (χ3n) is 4.37. The SMILES string of the molecule is CCn1c(SCc2nnc(-c3ccc(C(C)(C)C)cc3)o2)nnc1C(C)C. The van der Waals surface area contributed by atoms with Gasteiger partial charge in [0.1, 0.15) is 5.82 Å². The molecule has 6 nitrogen and oxygen atoms in total. The summed E-state index contributed by atoms with van der Waals surface area (Å²) in [5.41, 5.74) is 2.34. The number of hydrogen-bond donors (Lipinski definition) is 0. The molecule has 3 aromatic rings. The lowest BCUT2D eigenvalue weighted by Crippen LogP contribution is -2.10. The van der Waals surface area contributed by atoms with E-state index < -0.39 is 0 Å². The molecule has 0 saturated carbocycles. The maximum Gasteiger partial charge on any atom is 0.247 e. The average Bonchev–Trinajstić information content (AvgIpc) is 3.26. The Hall–Kier alpha value is -2.15. The largest absolute Gasteiger partial charge is 0.420 e. The van der Waals surface area contributed by atoms with E-state index >= 15 is 0 Å². The maximum atomic E-state index is 5.84. The summed E-state index contributed by atoms with van der Waals surface area (Å²) < 4.78 is 7.98. The molecule has 0 aliphatic rings. The first kappa shape index (κ1) is 19.6. The molecule has 0 unspecified atom stereocenters. The van der Waals surface area contributed by atoms with Gasteiger partial charge < -0.3 is 8.98 Å². The molecule has 0 atom stereocenters. The number of benzene rings is 1. The Morgan fingerprint density at radius 1 is 1.04 bits per heavy atom. The lowest BCUT2D eigenvalue weighted by atomic mass is 9.87. The van der Waals surface area contributed by atoms with Crippen LogP contribution in [0.1, 0.15) is 64.7 Å². The van der Waals surface area contributed by atoms with E-state index in [1.807, 2.05) is 12.1 Å². The molecule has 2 aromatic heterocycles. The Kier molecular flexibility index (Phi) is 5.69. The van der Waals surface area contributed by atoms with Gasteiger partial charge in [-0.1, -0.05) is 58.5 Å². The van der Waals surface area contributed by atoms with Gasteiger partial charge in [0.15, 0.2) is 5.16 Å². The third kappa shape index (κ3) is 4.40. The highest BCUT2D eigenvalue weighted by Crippen LogP contribution is 2.27. The summed E-state index contributed by atoms with van der Waals surface area (Å²) in [6.45, 7) is 13.8. The van der Waals surface area contributed by atoms with Crippen LogP contribution in [0.4, 0.5) is 0 Å². The molecule has 1 aromatic carbocycles. The zero-order chi connectivity index (χ0) is 19.6. The van der Waals surface area contributed by atoms with E-state index in [1.54, 1.807) is 11.8 Å². The quantitative estimate of drug-likeness (QED) is 0.552. The van der Waals surface area contributed by atoms with Gasteiger partial charge in [0.05, 0.1) is 5.75 Å². The van der Waals surface area contributed by atoms with Crippen LogP contribution in [0, 0.1) is 0 Å². The lowest BCUT2D eigenvalue weighted by molar-refractivity contribution is 0.527. The third-order valence-corrected chi connectivity index (χ3v) is 5.32. The van der Waals surface area contributed by atoms with Gasteiger partial charge in [0.25, 0.3) is 0 Å². The fourth-order valence-electron chi connectivity index (χ4n) is 2.80. The number of nitrogens with zero attached hydrogens (tertiary/aromatic N) is 5. The van der Waals surface area contributed by atoms with Crippen LogP contribution in [0.2, 0.25) is 0 Å². The molecule has 0 fully saturated rings. The van der Waals surface area contributed by atoms with Gasteiger partial charge >= 0.3 is 0 Å². The molecule has 0 radical (unpaired) electrons. The second-order valence-electron chi connectivity index (χ2n) is 7.86. The van der Waals surface area contributed by atoms with E-state index in [-0.39, 0.29) is 5.41 Å². The molecule has 0 saturated heterocycles. The highest BCUT2D eigenvalue weighted by Gasteiger charge is 2.17. The number of hydrogen-bond acceptors (Lipinski definition) is 6. The van der Waals surface area contributed by atoms with Gasteiger partial charge in [-0.25, -0.2) is 0 Å². The van der Waals surface area contributed by atoms with Crippen molar-refractivity contribution in [3.63, 3.8) is 0 Å². The molecule has 3 rings (SSSR count). The summed E-state index contributed by atoms with van der Waals surface area (Å²) in [6.07, 6.45) is 0. The summed E-state index contributed by atoms with van der Waals surface area (Å²) in [5.74, 6) is 3.06. The Morgan fingerprint density at radius 2 is 1.74 bits per heavy atom. The maximum absolute atomic E-state index is 5.84. The predicted octanol–water partition coefficient (Wildman–Crippen LogP) is 5.06. The first-order chi connectivity index (χ1) is 12.8. The molecular weight excluding hydrogens is 358 g/mol. The fourth-order valence-corrected chi connectivity index (χ4v) is 3.65. The van der Waals surface area contributed by atoms with Crippen LogP contribution in [-0.2, 0) is 17.7 Å². The number of aromatic nitrogens is 5. The molecule has 0 amide bonds. The molecule has 0 aliphatic heterocycles. The van der Waals surface area contributed by atoms with Crippen molar-refractivity contribution in [2.75, 3.05) is 0 Å². The van der Waals surface area contributed by atoms with Crippen molar-refractivity contribution >= 4 is 11.8 Å². The van der Waals surface area contributed by atoms with Crippen molar-refractivity contribution in [3.05, 3.63) is 41.5 Å². The predicted molar refractivity (Wildman–Crippen MR) is 108 cm³/mol. The van der Waals surface area contributed by atoms with Crippen LogP contribution in [0.3, 0.4) is 0 Å². The summed E-state index contributed by atoms with van der Waals surface area (Å²) >= 11 is 1.57. The summed E-state index contributed by atoms with van der Waals surface area (Å²) in [7, 11) is 0. The monoisotopic (exact) mass is 385 g/mol. The topological polar surface area (TPSA) is 69.6 Å². The van der Waals surface area contributed by atoms with E-state index in [9.17, 15) is 0 Å². The van der Waals surface area contributed by atoms with Crippen molar-refractivity contribution in [1.82, 2.24) is 25.0 Å². The molecule has 0 spiro atoms.